The molecule has 1 aliphatic rings. The predicted octanol–water partition coefficient (Wildman–Crippen LogP) is 2.80. The van der Waals surface area contributed by atoms with Gasteiger partial charge in [-0.3, -0.25) is 4.79 Å². The maximum atomic E-state index is 13.4. The monoisotopic (exact) mass is 406 g/mol. The summed E-state index contributed by atoms with van der Waals surface area (Å²) in [5.41, 5.74) is 7.82. The van der Waals surface area contributed by atoms with Gasteiger partial charge in [0.2, 0.25) is 5.88 Å². The Kier molecular flexibility index (Phi) is 4.95. The van der Waals surface area contributed by atoms with Gasteiger partial charge in [0.25, 0.3) is 5.56 Å². The molecule has 7 heteroatoms. The number of ether oxygens (including phenoxy) is 3. The molecule has 7 nitrogen and oxygen atoms in total. The number of hydrogen-bond donors (Lipinski definition) is 1. The first kappa shape index (κ1) is 19.6. The standard InChI is InChI=1S/C23H22N2O5/c1-4-29-23(27)19-17(13-9-11-14(28-3)12-10-13)18-20(30-21(19)24)15-7-5-6-8-16(15)25(2)22(18)26/h5-12,17H,4,24H2,1-3H3. The van der Waals surface area contributed by atoms with Crippen molar-refractivity contribution in [2.24, 2.45) is 12.8 Å². The number of methoxy groups -OCH3 is 1. The number of rotatable bonds is 4. The number of pyridine rings is 1. The fourth-order valence-corrected chi connectivity index (χ4v) is 3.86. The third-order valence-corrected chi connectivity index (χ3v) is 5.29. The molecule has 0 spiro atoms. The number of aromatic nitrogens is 1. The van der Waals surface area contributed by atoms with Crippen LogP contribution in [0.1, 0.15) is 24.0 Å². The van der Waals surface area contributed by atoms with Crippen LogP contribution in [0.2, 0.25) is 0 Å². The molecule has 2 aromatic carbocycles. The Balaban J connectivity index is 2.05. The van der Waals surface area contributed by atoms with Gasteiger partial charge in [0.05, 0.1) is 30.7 Å². The van der Waals surface area contributed by atoms with E-state index in [2.05, 4.69) is 0 Å². The van der Waals surface area contributed by atoms with Crippen LogP contribution >= 0.6 is 0 Å². The first-order valence-electron chi connectivity index (χ1n) is 9.58. The van der Waals surface area contributed by atoms with Gasteiger partial charge in [-0.2, -0.15) is 0 Å². The van der Waals surface area contributed by atoms with E-state index in [1.54, 1.807) is 49.9 Å². The van der Waals surface area contributed by atoms with Crippen LogP contribution in [0.4, 0.5) is 0 Å². The lowest BCUT2D eigenvalue weighted by Crippen LogP contribution is -2.34. The summed E-state index contributed by atoms with van der Waals surface area (Å²) >= 11 is 0. The zero-order chi connectivity index (χ0) is 21.4. The van der Waals surface area contributed by atoms with E-state index in [9.17, 15) is 9.59 Å². The molecule has 3 aromatic rings. The Bertz CT molecular complexity index is 1220. The zero-order valence-corrected chi connectivity index (χ0v) is 17.0. The van der Waals surface area contributed by atoms with Crippen molar-refractivity contribution < 1.29 is 19.0 Å². The van der Waals surface area contributed by atoms with Gasteiger partial charge >= 0.3 is 5.97 Å². The van der Waals surface area contributed by atoms with E-state index in [0.29, 0.717) is 28.1 Å². The number of para-hydroxylation sites is 1. The minimum absolute atomic E-state index is 0.0693. The van der Waals surface area contributed by atoms with E-state index in [1.165, 1.54) is 0 Å². The number of carbonyl (C=O) groups excluding carboxylic acids is 1. The van der Waals surface area contributed by atoms with Crippen LogP contribution in [0.3, 0.4) is 0 Å². The van der Waals surface area contributed by atoms with Crippen LogP contribution in [-0.2, 0) is 16.6 Å². The van der Waals surface area contributed by atoms with Crippen LogP contribution in [0.15, 0.2) is 64.8 Å². The van der Waals surface area contributed by atoms with E-state index in [4.69, 9.17) is 19.9 Å². The number of benzene rings is 2. The van der Waals surface area contributed by atoms with Crippen LogP contribution in [-0.4, -0.2) is 24.3 Å². The molecular weight excluding hydrogens is 384 g/mol. The minimum atomic E-state index is -0.734. The van der Waals surface area contributed by atoms with Gasteiger partial charge in [0.1, 0.15) is 17.1 Å². The normalized spacial score (nSPS) is 15.5. The predicted molar refractivity (Wildman–Crippen MR) is 113 cm³/mol. The molecule has 1 unspecified atom stereocenters. The molecule has 2 heterocycles. The molecule has 1 atom stereocenters. The maximum absolute atomic E-state index is 13.4. The molecule has 2 N–H and O–H groups in total. The van der Waals surface area contributed by atoms with Crippen LogP contribution in [0.5, 0.6) is 11.5 Å². The Labute approximate surface area is 173 Å². The van der Waals surface area contributed by atoms with Gasteiger partial charge in [-0.1, -0.05) is 24.3 Å². The first-order valence-corrected chi connectivity index (χ1v) is 9.58. The SMILES string of the molecule is CCOC(=O)C1=C(N)Oc2c(c(=O)n(C)c3ccccc23)C1c1ccc(OC)cc1. The lowest BCUT2D eigenvalue weighted by Gasteiger charge is -2.29. The molecule has 1 aromatic heterocycles. The van der Waals surface area contributed by atoms with Crippen LogP contribution < -0.4 is 20.8 Å². The number of fused-ring (bicyclic) bond motifs is 3. The van der Waals surface area contributed by atoms with Crippen molar-refractivity contribution in [1.29, 1.82) is 0 Å². The summed E-state index contributed by atoms with van der Waals surface area (Å²) < 4.78 is 17.9. The topological polar surface area (TPSA) is 92.8 Å². The maximum Gasteiger partial charge on any atom is 0.340 e. The van der Waals surface area contributed by atoms with Crippen molar-refractivity contribution in [2.75, 3.05) is 13.7 Å². The third-order valence-electron chi connectivity index (χ3n) is 5.29. The number of nitrogens with zero attached hydrogens (tertiary/aromatic N) is 1. The number of nitrogens with two attached hydrogens (primary N) is 1. The van der Waals surface area contributed by atoms with Crippen molar-refractivity contribution in [3.63, 3.8) is 0 Å². The molecule has 0 saturated heterocycles. The van der Waals surface area contributed by atoms with Gasteiger partial charge in [0, 0.05) is 12.4 Å². The molecule has 4 rings (SSSR count). The summed E-state index contributed by atoms with van der Waals surface area (Å²) in [5, 5.41) is 0.735. The van der Waals surface area contributed by atoms with Gasteiger partial charge < -0.3 is 24.5 Å². The van der Waals surface area contributed by atoms with Crippen molar-refractivity contribution in [3.05, 3.63) is 81.5 Å². The van der Waals surface area contributed by atoms with E-state index >= 15 is 0 Å². The zero-order valence-electron chi connectivity index (χ0n) is 17.0. The number of carbonyl (C=O) groups is 1. The molecule has 154 valence electrons. The Morgan fingerprint density at radius 2 is 1.87 bits per heavy atom. The Hall–Kier alpha value is -3.74. The molecule has 0 amide bonds. The summed E-state index contributed by atoms with van der Waals surface area (Å²) in [6, 6.07) is 14.6. The van der Waals surface area contributed by atoms with Gasteiger partial charge in [-0.05, 0) is 36.8 Å². The highest BCUT2D eigenvalue weighted by Gasteiger charge is 2.39. The number of esters is 1. The van der Waals surface area contributed by atoms with E-state index in [-0.39, 0.29) is 23.6 Å². The highest BCUT2D eigenvalue weighted by atomic mass is 16.5. The van der Waals surface area contributed by atoms with Gasteiger partial charge in [-0.15, -0.1) is 0 Å². The summed E-state index contributed by atoms with van der Waals surface area (Å²) in [7, 11) is 3.27. The molecule has 1 aliphatic heterocycles. The Morgan fingerprint density at radius 3 is 2.53 bits per heavy atom. The second kappa shape index (κ2) is 7.59. The van der Waals surface area contributed by atoms with Gasteiger partial charge in [0.15, 0.2) is 0 Å². The molecule has 0 fully saturated rings. The largest absolute Gasteiger partial charge is 0.497 e. The van der Waals surface area contributed by atoms with Crippen molar-refractivity contribution in [2.45, 2.75) is 12.8 Å². The van der Waals surface area contributed by atoms with E-state index in [1.807, 2.05) is 24.3 Å². The summed E-state index contributed by atoms with van der Waals surface area (Å²) in [4.78, 5) is 26.2. The second-order valence-corrected chi connectivity index (χ2v) is 6.93. The molecule has 0 saturated carbocycles. The average molecular weight is 406 g/mol. The van der Waals surface area contributed by atoms with E-state index < -0.39 is 11.9 Å². The highest BCUT2D eigenvalue weighted by molar-refractivity contribution is 5.95. The van der Waals surface area contributed by atoms with Crippen LogP contribution in [0.25, 0.3) is 10.9 Å². The molecule has 0 bridgehead atoms. The third kappa shape index (κ3) is 2.99. The van der Waals surface area contributed by atoms with Crippen molar-refractivity contribution in [1.82, 2.24) is 4.57 Å². The van der Waals surface area contributed by atoms with Crippen molar-refractivity contribution in [3.8, 4) is 11.5 Å². The quantitative estimate of drug-likeness (QED) is 0.670. The molecular formula is C23H22N2O5. The number of hydrogen-bond acceptors (Lipinski definition) is 6. The first-order chi connectivity index (χ1) is 14.5. The van der Waals surface area contributed by atoms with Crippen LogP contribution in [0, 0.1) is 0 Å². The molecule has 30 heavy (non-hydrogen) atoms. The van der Waals surface area contributed by atoms with E-state index in [0.717, 1.165) is 5.39 Å². The smallest absolute Gasteiger partial charge is 0.340 e. The fourth-order valence-electron chi connectivity index (χ4n) is 3.86. The fraction of sp³-hybridized carbons (Fsp3) is 0.217. The lowest BCUT2D eigenvalue weighted by atomic mass is 9.82. The second-order valence-electron chi connectivity index (χ2n) is 6.93. The van der Waals surface area contributed by atoms with Gasteiger partial charge in [-0.25, -0.2) is 4.79 Å². The average Bonchev–Trinajstić information content (AvgIpc) is 2.77. The highest BCUT2D eigenvalue weighted by Crippen LogP contribution is 2.44. The number of aryl methyl sites for hydroxylation is 1. The minimum Gasteiger partial charge on any atom is -0.497 e. The lowest BCUT2D eigenvalue weighted by molar-refractivity contribution is -0.139. The summed E-state index contributed by atoms with van der Waals surface area (Å²) in [5.74, 6) is -0.397. The Morgan fingerprint density at radius 1 is 1.17 bits per heavy atom. The molecule has 0 aliphatic carbocycles. The molecule has 0 radical (unpaired) electrons. The summed E-state index contributed by atoms with van der Waals surface area (Å²) in [6.45, 7) is 1.88. The van der Waals surface area contributed by atoms with Crippen molar-refractivity contribution >= 4 is 16.9 Å². The summed E-state index contributed by atoms with van der Waals surface area (Å²) in [6.07, 6.45) is 0.